The Kier molecular flexibility index (Phi) is 6.90. The predicted molar refractivity (Wildman–Crippen MR) is 161 cm³/mol. The van der Waals surface area contributed by atoms with Crippen LogP contribution in [-0.4, -0.2) is 31.6 Å². The van der Waals surface area contributed by atoms with E-state index in [1.54, 1.807) is 62.4 Å². The first kappa shape index (κ1) is 27.3. The van der Waals surface area contributed by atoms with Crippen molar-refractivity contribution in [3.63, 3.8) is 0 Å². The first-order valence-electron chi connectivity index (χ1n) is 13.4. The topological polar surface area (TPSA) is 141 Å². The van der Waals surface area contributed by atoms with Gasteiger partial charge in [0.25, 0.3) is 16.8 Å². The minimum Gasteiger partial charge on any atom is -0.497 e. The number of ether oxygens (including phenoxy) is 1. The Labute approximate surface area is 244 Å². The molecule has 0 aliphatic rings. The number of aromatic amines is 2. The summed E-state index contributed by atoms with van der Waals surface area (Å²) in [5, 5.41) is 18.2. The molecule has 0 radical (unpaired) electrons. The summed E-state index contributed by atoms with van der Waals surface area (Å²) in [5.74, 6) is -0.121. The summed E-state index contributed by atoms with van der Waals surface area (Å²) < 4.78 is 14.3. The molecule has 0 spiro atoms. The number of methoxy groups -OCH3 is 1. The van der Waals surface area contributed by atoms with Crippen molar-refractivity contribution >= 4 is 5.69 Å². The number of H-pyrrole nitrogens is 2. The van der Waals surface area contributed by atoms with E-state index in [9.17, 15) is 19.7 Å². The normalized spacial score (nSPS) is 11.3. The van der Waals surface area contributed by atoms with Crippen LogP contribution in [0.2, 0.25) is 0 Å². The molecule has 3 aromatic heterocycles. The second-order valence-corrected chi connectivity index (χ2v) is 10.0. The standard InChI is InChI=1S/C32H27N5O6/c1-19-28(31(38)35(33-19)21-10-6-4-7-11-21)30(29-20(2)34-36(32(29)39)22-12-8-5-9-13-22)27-17-16-26(43-27)24-15-14-23(42-3)18-25(24)37(40)41/h4-18,30,33-34H,1-3H3. The van der Waals surface area contributed by atoms with Gasteiger partial charge in [0.2, 0.25) is 0 Å². The summed E-state index contributed by atoms with van der Waals surface area (Å²) >= 11 is 0. The van der Waals surface area contributed by atoms with Crippen molar-refractivity contribution in [3.8, 4) is 28.4 Å². The number of aromatic nitrogens is 4. The maximum absolute atomic E-state index is 14.0. The van der Waals surface area contributed by atoms with E-state index in [2.05, 4.69) is 10.2 Å². The van der Waals surface area contributed by atoms with Crippen LogP contribution in [0, 0.1) is 24.0 Å². The van der Waals surface area contributed by atoms with Crippen molar-refractivity contribution in [1.29, 1.82) is 0 Å². The zero-order chi connectivity index (χ0) is 30.2. The van der Waals surface area contributed by atoms with Gasteiger partial charge < -0.3 is 9.15 Å². The lowest BCUT2D eigenvalue weighted by molar-refractivity contribution is -0.384. The lowest BCUT2D eigenvalue weighted by Crippen LogP contribution is -2.25. The van der Waals surface area contributed by atoms with E-state index in [-0.39, 0.29) is 33.9 Å². The Morgan fingerprint density at radius 1 is 0.791 bits per heavy atom. The zero-order valence-electron chi connectivity index (χ0n) is 23.5. The Morgan fingerprint density at radius 2 is 1.33 bits per heavy atom. The summed E-state index contributed by atoms with van der Waals surface area (Å²) in [6.45, 7) is 3.53. The van der Waals surface area contributed by atoms with Gasteiger partial charge in [-0.1, -0.05) is 36.4 Å². The minimum absolute atomic E-state index is 0.203. The third kappa shape index (κ3) is 4.76. The molecule has 0 atom stereocenters. The number of nitrogens with zero attached hydrogens (tertiary/aromatic N) is 3. The van der Waals surface area contributed by atoms with Crippen LogP contribution in [0.25, 0.3) is 22.7 Å². The number of furan rings is 1. The van der Waals surface area contributed by atoms with Gasteiger partial charge in [0.05, 0.1) is 52.1 Å². The van der Waals surface area contributed by atoms with Crippen LogP contribution < -0.4 is 15.9 Å². The molecule has 0 bridgehead atoms. The monoisotopic (exact) mass is 577 g/mol. The second kappa shape index (κ2) is 10.9. The van der Waals surface area contributed by atoms with E-state index in [1.165, 1.54) is 22.5 Å². The van der Waals surface area contributed by atoms with Crippen molar-refractivity contribution in [2.45, 2.75) is 19.8 Å². The quantitative estimate of drug-likeness (QED) is 0.178. The molecule has 0 saturated carbocycles. The highest BCUT2D eigenvalue weighted by Crippen LogP contribution is 2.39. The Hall–Kier alpha value is -5.84. The molecular formula is C32H27N5O6. The SMILES string of the molecule is COc1ccc(-c2ccc(C(c3c(C)[nH]n(-c4ccccc4)c3=O)c3c(C)[nH]n(-c4ccccc4)c3=O)o2)c([N+](=O)[O-])c1. The lowest BCUT2D eigenvalue weighted by atomic mass is 9.89. The number of nitrogens with one attached hydrogen (secondary N) is 2. The molecule has 0 aliphatic heterocycles. The highest BCUT2D eigenvalue weighted by Gasteiger charge is 2.33. The van der Waals surface area contributed by atoms with Crippen molar-refractivity contribution in [2.75, 3.05) is 7.11 Å². The molecule has 0 fully saturated rings. The van der Waals surface area contributed by atoms with Gasteiger partial charge in [-0.05, 0) is 62.4 Å². The molecule has 6 aromatic rings. The Bertz CT molecular complexity index is 1970. The largest absolute Gasteiger partial charge is 0.497 e. The van der Waals surface area contributed by atoms with Gasteiger partial charge in [-0.15, -0.1) is 0 Å². The van der Waals surface area contributed by atoms with Crippen LogP contribution >= 0.6 is 0 Å². The fourth-order valence-corrected chi connectivity index (χ4v) is 5.40. The number of hydrogen-bond donors (Lipinski definition) is 2. The van der Waals surface area contributed by atoms with Crippen molar-refractivity contribution in [1.82, 2.24) is 19.6 Å². The maximum Gasteiger partial charge on any atom is 0.284 e. The predicted octanol–water partition coefficient (Wildman–Crippen LogP) is 5.62. The molecule has 0 unspecified atom stereocenters. The van der Waals surface area contributed by atoms with E-state index in [0.29, 0.717) is 39.6 Å². The third-order valence-electron chi connectivity index (χ3n) is 7.42. The van der Waals surface area contributed by atoms with E-state index < -0.39 is 10.8 Å². The summed E-state index contributed by atoms with van der Waals surface area (Å²) in [5.41, 5.74) is 2.28. The van der Waals surface area contributed by atoms with Crippen LogP contribution in [0.5, 0.6) is 5.75 Å². The van der Waals surface area contributed by atoms with Crippen LogP contribution in [0.4, 0.5) is 5.69 Å². The summed E-state index contributed by atoms with van der Waals surface area (Å²) in [7, 11) is 1.43. The molecule has 0 amide bonds. The van der Waals surface area contributed by atoms with Gasteiger partial charge in [-0.3, -0.25) is 29.9 Å². The molecule has 3 aromatic carbocycles. The molecule has 0 aliphatic carbocycles. The third-order valence-corrected chi connectivity index (χ3v) is 7.42. The molecule has 3 heterocycles. The van der Waals surface area contributed by atoms with Crippen LogP contribution in [0.3, 0.4) is 0 Å². The molecule has 6 rings (SSSR count). The number of nitro groups is 1. The molecule has 0 saturated heterocycles. The zero-order valence-corrected chi connectivity index (χ0v) is 23.5. The fraction of sp³-hybridized carbons (Fsp3) is 0.125. The smallest absolute Gasteiger partial charge is 0.284 e. The fourth-order valence-electron chi connectivity index (χ4n) is 5.40. The van der Waals surface area contributed by atoms with Gasteiger partial charge >= 0.3 is 0 Å². The van der Waals surface area contributed by atoms with Gasteiger partial charge in [0.1, 0.15) is 17.3 Å². The number of hydrogen-bond acceptors (Lipinski definition) is 6. The highest BCUT2D eigenvalue weighted by molar-refractivity contribution is 5.71. The van der Waals surface area contributed by atoms with E-state index in [0.717, 1.165) is 0 Å². The summed E-state index contributed by atoms with van der Waals surface area (Å²) in [4.78, 5) is 39.5. The number of rotatable bonds is 8. The van der Waals surface area contributed by atoms with Crippen molar-refractivity contribution in [3.05, 3.63) is 150 Å². The first-order chi connectivity index (χ1) is 20.8. The van der Waals surface area contributed by atoms with E-state index in [1.807, 2.05) is 36.4 Å². The number of para-hydroxylation sites is 2. The van der Waals surface area contributed by atoms with Crippen molar-refractivity contribution < 1.29 is 14.1 Å². The molecule has 11 nitrogen and oxygen atoms in total. The van der Waals surface area contributed by atoms with Gasteiger partial charge in [0.15, 0.2) is 0 Å². The average molecular weight is 578 g/mol. The molecule has 216 valence electrons. The number of aryl methyl sites for hydroxylation is 2. The maximum atomic E-state index is 14.0. The molecule has 2 N–H and O–H groups in total. The van der Waals surface area contributed by atoms with Crippen molar-refractivity contribution in [2.24, 2.45) is 0 Å². The first-order valence-corrected chi connectivity index (χ1v) is 13.4. The second-order valence-electron chi connectivity index (χ2n) is 10.0. The Morgan fingerprint density at radius 3 is 1.81 bits per heavy atom. The summed E-state index contributed by atoms with van der Waals surface area (Å²) in [6.07, 6.45) is 0. The number of benzene rings is 3. The highest BCUT2D eigenvalue weighted by atomic mass is 16.6. The summed E-state index contributed by atoms with van der Waals surface area (Å²) in [6, 6.07) is 25.9. The average Bonchev–Trinajstić information content (AvgIpc) is 3.71. The molecular weight excluding hydrogens is 550 g/mol. The van der Waals surface area contributed by atoms with Gasteiger partial charge in [0, 0.05) is 11.4 Å². The van der Waals surface area contributed by atoms with E-state index in [4.69, 9.17) is 9.15 Å². The van der Waals surface area contributed by atoms with Crippen LogP contribution in [-0.2, 0) is 0 Å². The lowest BCUT2D eigenvalue weighted by Gasteiger charge is -2.13. The Balaban J connectivity index is 1.58. The van der Waals surface area contributed by atoms with Gasteiger partial charge in [-0.2, -0.15) is 0 Å². The van der Waals surface area contributed by atoms with Crippen LogP contribution in [0.15, 0.2) is 105 Å². The molecule has 43 heavy (non-hydrogen) atoms. The van der Waals surface area contributed by atoms with Gasteiger partial charge in [-0.25, -0.2) is 9.36 Å². The number of nitro benzene ring substituents is 1. The van der Waals surface area contributed by atoms with Crippen LogP contribution in [0.1, 0.15) is 34.2 Å². The minimum atomic E-state index is -0.937. The molecule has 11 heteroatoms. The van der Waals surface area contributed by atoms with E-state index >= 15 is 0 Å².